The summed E-state index contributed by atoms with van der Waals surface area (Å²) in [4.78, 5) is 2.50. The lowest BCUT2D eigenvalue weighted by Crippen LogP contribution is -2.29. The Bertz CT molecular complexity index is 412. The fraction of sp³-hybridized carbons (Fsp3) is 0.667. The van der Waals surface area contributed by atoms with E-state index in [4.69, 9.17) is 0 Å². The van der Waals surface area contributed by atoms with E-state index in [1.54, 1.807) is 0 Å². The van der Waals surface area contributed by atoms with E-state index in [0.717, 1.165) is 6.54 Å². The Morgan fingerprint density at radius 1 is 1.00 bits per heavy atom. The summed E-state index contributed by atoms with van der Waals surface area (Å²) in [5.41, 5.74) is 3.36. The van der Waals surface area contributed by atoms with E-state index < -0.39 is 0 Å². The van der Waals surface area contributed by atoms with Crippen molar-refractivity contribution in [3.05, 3.63) is 29.8 Å². The molecule has 0 bridgehead atoms. The zero-order chi connectivity index (χ0) is 13.8. The van der Waals surface area contributed by atoms with Crippen LogP contribution in [0.3, 0.4) is 0 Å². The molecule has 1 aromatic rings. The predicted molar refractivity (Wildman–Crippen MR) is 86.2 cm³/mol. The Labute approximate surface area is 123 Å². The van der Waals surface area contributed by atoms with Gasteiger partial charge in [0.05, 0.1) is 0 Å². The quantitative estimate of drug-likeness (QED) is 0.873. The number of benzene rings is 1. The molecular formula is C18H28N2. The second-order valence-electron chi connectivity index (χ2n) is 6.98. The Kier molecular flexibility index (Phi) is 4.30. The molecule has 2 fully saturated rings. The largest absolute Gasteiger partial charge is 0.372 e. The second kappa shape index (κ2) is 6.17. The van der Waals surface area contributed by atoms with E-state index >= 15 is 0 Å². The van der Waals surface area contributed by atoms with Crippen LogP contribution >= 0.6 is 0 Å². The summed E-state index contributed by atoms with van der Waals surface area (Å²) in [6, 6.07) is 9.16. The molecule has 0 aromatic heterocycles. The highest BCUT2D eigenvalue weighted by Gasteiger charge is 2.27. The van der Waals surface area contributed by atoms with Crippen LogP contribution in [0.4, 0.5) is 5.69 Å². The third-order valence-corrected chi connectivity index (χ3v) is 5.10. The molecule has 2 nitrogen and oxygen atoms in total. The van der Waals surface area contributed by atoms with Gasteiger partial charge in [0.1, 0.15) is 0 Å². The van der Waals surface area contributed by atoms with Crippen LogP contribution in [0.1, 0.15) is 51.0 Å². The maximum Gasteiger partial charge on any atom is 0.0366 e. The molecule has 2 heteroatoms. The summed E-state index contributed by atoms with van der Waals surface area (Å²) in [7, 11) is 0. The van der Waals surface area contributed by atoms with Gasteiger partial charge in [-0.3, -0.25) is 0 Å². The monoisotopic (exact) mass is 272 g/mol. The molecule has 1 aliphatic carbocycles. The highest BCUT2D eigenvalue weighted by molar-refractivity contribution is 5.48. The summed E-state index contributed by atoms with van der Waals surface area (Å²) in [5, 5.41) is 3.66. The van der Waals surface area contributed by atoms with E-state index in [-0.39, 0.29) is 0 Å². The minimum Gasteiger partial charge on any atom is -0.372 e. The number of nitrogens with zero attached hydrogens (tertiary/aromatic N) is 1. The molecule has 1 aromatic carbocycles. The number of rotatable bonds is 5. The number of anilines is 1. The van der Waals surface area contributed by atoms with Gasteiger partial charge in [0, 0.05) is 31.9 Å². The molecule has 1 saturated carbocycles. The number of hydrogen-bond donors (Lipinski definition) is 1. The first-order valence-electron chi connectivity index (χ1n) is 8.30. The fourth-order valence-electron chi connectivity index (χ4n) is 3.71. The average Bonchev–Trinajstić information content (AvgIpc) is 3.11. The van der Waals surface area contributed by atoms with Gasteiger partial charge in [0.2, 0.25) is 0 Å². The smallest absolute Gasteiger partial charge is 0.0366 e. The third-order valence-electron chi connectivity index (χ3n) is 5.10. The Balaban J connectivity index is 1.48. The van der Waals surface area contributed by atoms with Gasteiger partial charge in [0.15, 0.2) is 0 Å². The maximum absolute atomic E-state index is 3.66. The van der Waals surface area contributed by atoms with Crippen LogP contribution in [0, 0.1) is 5.41 Å². The molecule has 2 aliphatic rings. The van der Waals surface area contributed by atoms with E-state index in [9.17, 15) is 0 Å². The first kappa shape index (κ1) is 13.9. The number of hydrogen-bond acceptors (Lipinski definition) is 2. The lowest BCUT2D eigenvalue weighted by molar-refractivity contribution is 0.314. The van der Waals surface area contributed by atoms with Gasteiger partial charge < -0.3 is 10.2 Å². The van der Waals surface area contributed by atoms with Gasteiger partial charge in [-0.25, -0.2) is 0 Å². The lowest BCUT2D eigenvalue weighted by Gasteiger charge is -2.24. The molecule has 0 spiro atoms. The molecule has 1 saturated heterocycles. The molecule has 0 amide bonds. The summed E-state index contributed by atoms with van der Waals surface area (Å²) in [6.45, 7) is 7.08. The Hall–Kier alpha value is -1.02. The second-order valence-corrected chi connectivity index (χ2v) is 6.98. The van der Waals surface area contributed by atoms with Crippen molar-refractivity contribution in [3.8, 4) is 0 Å². The first-order chi connectivity index (χ1) is 9.75. The van der Waals surface area contributed by atoms with Gasteiger partial charge in [-0.1, -0.05) is 31.9 Å². The van der Waals surface area contributed by atoms with Crippen molar-refractivity contribution in [2.45, 2.75) is 52.0 Å². The molecular weight excluding hydrogens is 244 g/mol. The molecule has 110 valence electrons. The molecule has 0 atom stereocenters. The van der Waals surface area contributed by atoms with E-state index in [1.807, 2.05) is 0 Å². The molecule has 1 N–H and O–H groups in total. The van der Waals surface area contributed by atoms with Crippen molar-refractivity contribution >= 4 is 5.69 Å². The van der Waals surface area contributed by atoms with Crippen LogP contribution < -0.4 is 10.2 Å². The SMILES string of the molecule is CC1(CNCc2ccc(N3CCCC3)cc2)CCCC1. The minimum atomic E-state index is 0.551. The maximum atomic E-state index is 3.66. The molecule has 0 unspecified atom stereocenters. The van der Waals surface area contributed by atoms with Gasteiger partial charge in [-0.15, -0.1) is 0 Å². The van der Waals surface area contributed by atoms with E-state index in [1.165, 1.54) is 69.4 Å². The van der Waals surface area contributed by atoms with Crippen LogP contribution in [-0.4, -0.2) is 19.6 Å². The van der Waals surface area contributed by atoms with Gasteiger partial charge >= 0.3 is 0 Å². The van der Waals surface area contributed by atoms with Gasteiger partial charge in [0.25, 0.3) is 0 Å². The summed E-state index contributed by atoms with van der Waals surface area (Å²) in [6.07, 6.45) is 8.33. The van der Waals surface area contributed by atoms with Crippen LogP contribution in [0.2, 0.25) is 0 Å². The third kappa shape index (κ3) is 3.35. The Morgan fingerprint density at radius 3 is 2.30 bits per heavy atom. The lowest BCUT2D eigenvalue weighted by atomic mass is 9.89. The van der Waals surface area contributed by atoms with Crippen molar-refractivity contribution in [2.24, 2.45) is 5.41 Å². The molecule has 0 radical (unpaired) electrons. The van der Waals surface area contributed by atoms with Crippen molar-refractivity contribution in [3.63, 3.8) is 0 Å². The molecule has 3 rings (SSSR count). The molecule has 20 heavy (non-hydrogen) atoms. The van der Waals surface area contributed by atoms with Crippen molar-refractivity contribution < 1.29 is 0 Å². The summed E-state index contributed by atoms with van der Waals surface area (Å²) >= 11 is 0. The number of nitrogens with one attached hydrogen (secondary N) is 1. The van der Waals surface area contributed by atoms with E-state index in [2.05, 4.69) is 41.4 Å². The van der Waals surface area contributed by atoms with Crippen LogP contribution in [0.25, 0.3) is 0 Å². The zero-order valence-corrected chi connectivity index (χ0v) is 12.8. The zero-order valence-electron chi connectivity index (χ0n) is 12.8. The van der Waals surface area contributed by atoms with Gasteiger partial charge in [-0.2, -0.15) is 0 Å². The molecule has 1 aliphatic heterocycles. The molecule has 1 heterocycles. The summed E-state index contributed by atoms with van der Waals surface area (Å²) in [5.74, 6) is 0. The normalized spacial score (nSPS) is 21.6. The highest BCUT2D eigenvalue weighted by atomic mass is 15.1. The van der Waals surface area contributed by atoms with E-state index in [0.29, 0.717) is 5.41 Å². The average molecular weight is 272 g/mol. The van der Waals surface area contributed by atoms with Crippen molar-refractivity contribution in [1.82, 2.24) is 5.32 Å². The van der Waals surface area contributed by atoms with Crippen LogP contribution in [0.15, 0.2) is 24.3 Å². The van der Waals surface area contributed by atoms with Crippen molar-refractivity contribution in [1.29, 1.82) is 0 Å². The highest BCUT2D eigenvalue weighted by Crippen LogP contribution is 2.36. The Morgan fingerprint density at radius 2 is 1.65 bits per heavy atom. The summed E-state index contributed by atoms with van der Waals surface area (Å²) < 4.78 is 0. The van der Waals surface area contributed by atoms with Crippen molar-refractivity contribution in [2.75, 3.05) is 24.5 Å². The minimum absolute atomic E-state index is 0.551. The van der Waals surface area contributed by atoms with Crippen LogP contribution in [-0.2, 0) is 6.54 Å². The fourth-order valence-corrected chi connectivity index (χ4v) is 3.71. The topological polar surface area (TPSA) is 15.3 Å². The van der Waals surface area contributed by atoms with Crippen LogP contribution in [0.5, 0.6) is 0 Å². The van der Waals surface area contributed by atoms with Gasteiger partial charge in [-0.05, 0) is 48.8 Å². The standard InChI is InChI=1S/C18H28N2/c1-18(10-2-3-11-18)15-19-14-16-6-8-17(9-7-16)20-12-4-5-13-20/h6-9,19H,2-5,10-15H2,1H3. The predicted octanol–water partition coefficient (Wildman–Crippen LogP) is 3.96. The first-order valence-corrected chi connectivity index (χ1v) is 8.30.